The van der Waals surface area contributed by atoms with E-state index in [1.54, 1.807) is 6.07 Å². The van der Waals surface area contributed by atoms with E-state index in [2.05, 4.69) is 10.1 Å². The fourth-order valence-corrected chi connectivity index (χ4v) is 1.25. The summed E-state index contributed by atoms with van der Waals surface area (Å²) in [7, 11) is 0. The second kappa shape index (κ2) is 7.10. The van der Waals surface area contributed by atoms with Gasteiger partial charge in [0.05, 0.1) is 13.0 Å². The van der Waals surface area contributed by atoms with Gasteiger partial charge in [-0.1, -0.05) is 12.1 Å². The molecule has 19 heavy (non-hydrogen) atoms. The Kier molecular flexibility index (Phi) is 5.46. The van der Waals surface area contributed by atoms with Crippen molar-refractivity contribution < 1.29 is 23.5 Å². The zero-order chi connectivity index (χ0) is 14.3. The highest BCUT2D eigenvalue weighted by atomic mass is 19.1. The van der Waals surface area contributed by atoms with Crippen molar-refractivity contribution in [1.29, 1.82) is 0 Å². The van der Waals surface area contributed by atoms with Crippen LogP contribution in [0.2, 0.25) is 0 Å². The zero-order valence-corrected chi connectivity index (χ0v) is 10.0. The number of nitrogens with two attached hydrogens (primary N) is 1. The Morgan fingerprint density at radius 2 is 2.05 bits per heavy atom. The van der Waals surface area contributed by atoms with Gasteiger partial charge >= 0.3 is 5.97 Å². The summed E-state index contributed by atoms with van der Waals surface area (Å²) in [4.78, 5) is 32.8. The lowest BCUT2D eigenvalue weighted by molar-refractivity contribution is -0.147. The molecule has 0 aromatic heterocycles. The van der Waals surface area contributed by atoms with Crippen LogP contribution in [0.4, 0.5) is 4.39 Å². The van der Waals surface area contributed by atoms with Crippen LogP contribution in [0, 0.1) is 5.82 Å². The molecule has 0 atom stereocenters. The SMILES string of the molecule is NC(=O)CNC(=O)COC(=O)Cc1cccc(F)c1. The molecule has 6 nitrogen and oxygen atoms in total. The van der Waals surface area contributed by atoms with Crippen LogP contribution >= 0.6 is 0 Å². The van der Waals surface area contributed by atoms with Crippen LogP contribution in [-0.2, 0) is 25.5 Å². The maximum atomic E-state index is 12.8. The Hall–Kier alpha value is -2.44. The molecule has 0 fully saturated rings. The number of ether oxygens (including phenoxy) is 1. The summed E-state index contributed by atoms with van der Waals surface area (Å²) in [5.41, 5.74) is 5.26. The number of esters is 1. The van der Waals surface area contributed by atoms with Crippen molar-refractivity contribution in [3.8, 4) is 0 Å². The van der Waals surface area contributed by atoms with E-state index in [-0.39, 0.29) is 13.0 Å². The first-order chi connectivity index (χ1) is 8.97. The second-order valence-electron chi connectivity index (χ2n) is 3.71. The standard InChI is InChI=1S/C12H13FN2O4/c13-9-3-1-2-8(4-9)5-12(18)19-7-11(17)15-6-10(14)16/h1-4H,5-7H2,(H2,14,16)(H,15,17). The van der Waals surface area contributed by atoms with Crippen molar-refractivity contribution in [2.24, 2.45) is 5.73 Å². The van der Waals surface area contributed by atoms with Crippen molar-refractivity contribution >= 4 is 17.8 Å². The van der Waals surface area contributed by atoms with Crippen molar-refractivity contribution in [2.75, 3.05) is 13.2 Å². The molecular formula is C12H13FN2O4. The number of benzene rings is 1. The Morgan fingerprint density at radius 1 is 1.32 bits per heavy atom. The lowest BCUT2D eigenvalue weighted by atomic mass is 10.1. The third-order valence-electron chi connectivity index (χ3n) is 2.06. The molecule has 0 aliphatic rings. The monoisotopic (exact) mass is 268 g/mol. The van der Waals surface area contributed by atoms with Crippen molar-refractivity contribution in [1.82, 2.24) is 5.32 Å². The van der Waals surface area contributed by atoms with Crippen LogP contribution in [0.25, 0.3) is 0 Å². The van der Waals surface area contributed by atoms with Gasteiger partial charge in [0.2, 0.25) is 5.91 Å². The first-order valence-electron chi connectivity index (χ1n) is 5.42. The summed E-state index contributed by atoms with van der Waals surface area (Å²) in [6.07, 6.45) is -0.138. The van der Waals surface area contributed by atoms with Crippen molar-refractivity contribution in [2.45, 2.75) is 6.42 Å². The minimum absolute atomic E-state index is 0.138. The predicted octanol–water partition coefficient (Wildman–Crippen LogP) is -0.487. The Bertz CT molecular complexity index is 490. The number of amides is 2. The Morgan fingerprint density at radius 3 is 2.68 bits per heavy atom. The number of carbonyl (C=O) groups excluding carboxylic acids is 3. The minimum atomic E-state index is -0.695. The summed E-state index contributed by atoms with van der Waals surface area (Å²) < 4.78 is 17.5. The topological polar surface area (TPSA) is 98.5 Å². The molecule has 0 saturated heterocycles. The van der Waals surface area contributed by atoms with E-state index in [9.17, 15) is 18.8 Å². The molecule has 1 rings (SSSR count). The van der Waals surface area contributed by atoms with Gasteiger partial charge in [0.15, 0.2) is 6.61 Å². The van der Waals surface area contributed by atoms with Crippen LogP contribution in [0.15, 0.2) is 24.3 Å². The minimum Gasteiger partial charge on any atom is -0.455 e. The fraction of sp³-hybridized carbons (Fsp3) is 0.250. The lowest BCUT2D eigenvalue weighted by Crippen LogP contribution is -2.36. The molecule has 0 heterocycles. The van der Waals surface area contributed by atoms with Crippen molar-refractivity contribution in [3.63, 3.8) is 0 Å². The number of hydrogen-bond acceptors (Lipinski definition) is 4. The maximum absolute atomic E-state index is 12.8. The van der Waals surface area contributed by atoms with Crippen LogP contribution in [0.5, 0.6) is 0 Å². The van der Waals surface area contributed by atoms with Gasteiger partial charge in [0.25, 0.3) is 5.91 Å². The number of rotatable bonds is 6. The molecule has 0 aliphatic heterocycles. The summed E-state index contributed by atoms with van der Waals surface area (Å²) >= 11 is 0. The number of halogens is 1. The average molecular weight is 268 g/mol. The molecule has 1 aromatic carbocycles. The predicted molar refractivity (Wildman–Crippen MR) is 63.3 cm³/mol. The smallest absolute Gasteiger partial charge is 0.310 e. The van der Waals surface area contributed by atoms with Crippen LogP contribution < -0.4 is 11.1 Å². The quantitative estimate of drug-likeness (QED) is 0.680. The molecule has 102 valence electrons. The molecule has 0 radical (unpaired) electrons. The number of nitrogens with one attached hydrogen (secondary N) is 1. The van der Waals surface area contributed by atoms with E-state index in [4.69, 9.17) is 5.73 Å². The maximum Gasteiger partial charge on any atom is 0.310 e. The first kappa shape index (κ1) is 14.6. The highest BCUT2D eigenvalue weighted by molar-refractivity contribution is 5.85. The third kappa shape index (κ3) is 6.16. The number of primary amides is 1. The van der Waals surface area contributed by atoms with E-state index in [0.29, 0.717) is 5.56 Å². The fourth-order valence-electron chi connectivity index (χ4n) is 1.25. The van der Waals surface area contributed by atoms with Gasteiger partial charge in [0, 0.05) is 0 Å². The summed E-state index contributed by atoms with van der Waals surface area (Å²) in [6.45, 7) is -0.832. The first-order valence-corrected chi connectivity index (χ1v) is 5.42. The Labute approximate surface area is 108 Å². The molecule has 0 saturated carbocycles. The largest absolute Gasteiger partial charge is 0.455 e. The average Bonchev–Trinajstić information content (AvgIpc) is 2.34. The number of carbonyl (C=O) groups is 3. The molecule has 0 aliphatic carbocycles. The van der Waals surface area contributed by atoms with E-state index in [0.717, 1.165) is 0 Å². The highest BCUT2D eigenvalue weighted by Crippen LogP contribution is 2.04. The lowest BCUT2D eigenvalue weighted by Gasteiger charge is -2.05. The van der Waals surface area contributed by atoms with Crippen LogP contribution in [0.1, 0.15) is 5.56 Å². The normalized spacial score (nSPS) is 9.74. The molecule has 0 unspecified atom stereocenters. The second-order valence-corrected chi connectivity index (χ2v) is 3.71. The summed E-state index contributed by atoms with van der Waals surface area (Å²) in [5.74, 6) is -2.45. The summed E-state index contributed by atoms with van der Waals surface area (Å²) in [6, 6.07) is 5.50. The highest BCUT2D eigenvalue weighted by Gasteiger charge is 2.09. The van der Waals surface area contributed by atoms with Crippen molar-refractivity contribution in [3.05, 3.63) is 35.6 Å². The van der Waals surface area contributed by atoms with Crippen LogP contribution in [0.3, 0.4) is 0 Å². The zero-order valence-electron chi connectivity index (χ0n) is 10.0. The molecule has 0 spiro atoms. The molecule has 0 bridgehead atoms. The van der Waals surface area contributed by atoms with Gasteiger partial charge in [-0.15, -0.1) is 0 Å². The van der Waals surface area contributed by atoms with Crippen LogP contribution in [-0.4, -0.2) is 30.9 Å². The summed E-state index contributed by atoms with van der Waals surface area (Å²) in [5, 5.41) is 2.16. The van der Waals surface area contributed by atoms with E-state index in [1.165, 1.54) is 18.2 Å². The molecular weight excluding hydrogens is 255 g/mol. The van der Waals surface area contributed by atoms with Gasteiger partial charge in [-0.05, 0) is 17.7 Å². The van der Waals surface area contributed by atoms with Gasteiger partial charge in [-0.2, -0.15) is 0 Å². The number of hydrogen-bond donors (Lipinski definition) is 2. The molecule has 3 N–H and O–H groups in total. The molecule has 1 aromatic rings. The molecule has 2 amide bonds. The Balaban J connectivity index is 2.32. The van der Waals surface area contributed by atoms with E-state index in [1.807, 2.05) is 0 Å². The molecule has 7 heteroatoms. The van der Waals surface area contributed by atoms with E-state index < -0.39 is 30.2 Å². The van der Waals surface area contributed by atoms with Gasteiger partial charge in [-0.25, -0.2) is 4.39 Å². The third-order valence-corrected chi connectivity index (χ3v) is 2.06. The van der Waals surface area contributed by atoms with Gasteiger partial charge in [-0.3, -0.25) is 14.4 Å². The van der Waals surface area contributed by atoms with Gasteiger partial charge in [0.1, 0.15) is 5.82 Å². The van der Waals surface area contributed by atoms with Gasteiger partial charge < -0.3 is 15.8 Å². The van der Waals surface area contributed by atoms with E-state index >= 15 is 0 Å².